The molecular formula is C21H18BrN. The Morgan fingerprint density at radius 2 is 1.48 bits per heavy atom. The highest BCUT2D eigenvalue weighted by Gasteiger charge is 2.16. The summed E-state index contributed by atoms with van der Waals surface area (Å²) in [7, 11) is 0. The Labute approximate surface area is 144 Å². The van der Waals surface area contributed by atoms with E-state index in [-0.39, 0.29) is 0 Å². The topological polar surface area (TPSA) is 4.93 Å². The lowest BCUT2D eigenvalue weighted by atomic mass is 10.0. The van der Waals surface area contributed by atoms with Gasteiger partial charge < -0.3 is 4.57 Å². The molecule has 114 valence electrons. The van der Waals surface area contributed by atoms with E-state index in [0.29, 0.717) is 5.92 Å². The van der Waals surface area contributed by atoms with Gasteiger partial charge in [-0.3, -0.25) is 0 Å². The van der Waals surface area contributed by atoms with Crippen molar-refractivity contribution in [2.24, 2.45) is 0 Å². The molecule has 0 radical (unpaired) electrons. The van der Waals surface area contributed by atoms with Gasteiger partial charge in [-0.05, 0) is 45.6 Å². The molecule has 0 aliphatic rings. The number of hydrogen-bond acceptors (Lipinski definition) is 0. The molecule has 0 saturated carbocycles. The minimum atomic E-state index is 0.477. The van der Waals surface area contributed by atoms with Gasteiger partial charge in [0.15, 0.2) is 0 Å². The highest BCUT2D eigenvalue weighted by Crippen LogP contribution is 2.37. The van der Waals surface area contributed by atoms with Crippen molar-refractivity contribution in [1.82, 2.24) is 4.57 Å². The minimum Gasteiger partial charge on any atom is -0.308 e. The Morgan fingerprint density at radius 3 is 2.30 bits per heavy atom. The predicted octanol–water partition coefficient (Wildman–Crippen LogP) is 6.67. The normalized spacial score (nSPS) is 11.7. The van der Waals surface area contributed by atoms with Crippen molar-refractivity contribution in [2.75, 3.05) is 0 Å². The Morgan fingerprint density at radius 1 is 0.783 bits per heavy atom. The maximum absolute atomic E-state index is 3.76. The lowest BCUT2D eigenvalue weighted by molar-refractivity contribution is 0.854. The number of benzene rings is 3. The molecule has 3 aromatic carbocycles. The van der Waals surface area contributed by atoms with Crippen LogP contribution in [-0.2, 0) is 0 Å². The van der Waals surface area contributed by atoms with Crippen molar-refractivity contribution in [3.05, 3.63) is 76.8 Å². The van der Waals surface area contributed by atoms with Gasteiger partial charge in [0.05, 0.1) is 11.0 Å². The minimum absolute atomic E-state index is 0.477. The zero-order chi connectivity index (χ0) is 16.0. The summed E-state index contributed by atoms with van der Waals surface area (Å²) in [6.45, 7) is 4.50. The van der Waals surface area contributed by atoms with Crippen LogP contribution in [0.5, 0.6) is 0 Å². The zero-order valence-corrected chi connectivity index (χ0v) is 14.8. The predicted molar refractivity (Wildman–Crippen MR) is 103 cm³/mol. The summed E-state index contributed by atoms with van der Waals surface area (Å²) in [4.78, 5) is 0. The van der Waals surface area contributed by atoms with Crippen LogP contribution in [-0.4, -0.2) is 4.57 Å². The van der Waals surface area contributed by atoms with E-state index in [0.717, 1.165) is 4.47 Å². The summed E-state index contributed by atoms with van der Waals surface area (Å²) < 4.78 is 3.52. The second-order valence-electron chi connectivity index (χ2n) is 6.20. The van der Waals surface area contributed by atoms with Crippen LogP contribution in [0.3, 0.4) is 0 Å². The first-order chi connectivity index (χ1) is 11.2. The van der Waals surface area contributed by atoms with Gasteiger partial charge in [-0.25, -0.2) is 0 Å². The first-order valence-corrected chi connectivity index (χ1v) is 8.74. The van der Waals surface area contributed by atoms with Gasteiger partial charge in [0, 0.05) is 20.9 Å². The average Bonchev–Trinajstić information content (AvgIpc) is 2.91. The van der Waals surface area contributed by atoms with Gasteiger partial charge in [0.1, 0.15) is 0 Å². The molecule has 4 aromatic rings. The fraction of sp³-hybridized carbons (Fsp3) is 0.143. The molecule has 4 rings (SSSR count). The van der Waals surface area contributed by atoms with E-state index < -0.39 is 0 Å². The zero-order valence-electron chi connectivity index (χ0n) is 13.3. The Bertz CT molecular complexity index is 1010. The molecule has 0 unspecified atom stereocenters. The fourth-order valence-corrected chi connectivity index (χ4v) is 3.95. The molecule has 0 bridgehead atoms. The molecule has 1 heterocycles. The number of hydrogen-bond donors (Lipinski definition) is 0. The second kappa shape index (κ2) is 5.54. The monoisotopic (exact) mass is 363 g/mol. The summed E-state index contributed by atoms with van der Waals surface area (Å²) in [5.41, 5.74) is 5.12. The summed E-state index contributed by atoms with van der Waals surface area (Å²) in [5.74, 6) is 0.477. The van der Waals surface area contributed by atoms with Gasteiger partial charge in [0.2, 0.25) is 0 Å². The van der Waals surface area contributed by atoms with Crippen LogP contribution in [0.25, 0.3) is 27.5 Å². The standard InChI is InChI=1S/C21H18BrN/c1-14(2)15-8-3-5-12-19(15)23-20-13-6-4-9-16(20)17-10-7-11-18(22)21(17)23/h3-14H,1-2H3. The van der Waals surface area contributed by atoms with Crippen molar-refractivity contribution in [2.45, 2.75) is 19.8 Å². The first-order valence-electron chi connectivity index (χ1n) is 7.95. The quantitative estimate of drug-likeness (QED) is 0.374. The highest BCUT2D eigenvalue weighted by atomic mass is 79.9. The van der Waals surface area contributed by atoms with Gasteiger partial charge in [0.25, 0.3) is 0 Å². The second-order valence-corrected chi connectivity index (χ2v) is 7.06. The fourth-order valence-electron chi connectivity index (χ4n) is 3.41. The molecular weight excluding hydrogens is 346 g/mol. The van der Waals surface area contributed by atoms with Crippen LogP contribution in [0.4, 0.5) is 0 Å². The lowest BCUT2D eigenvalue weighted by Gasteiger charge is -2.16. The third-order valence-electron chi connectivity index (χ3n) is 4.45. The van der Waals surface area contributed by atoms with Crippen molar-refractivity contribution >= 4 is 37.7 Å². The molecule has 0 saturated heterocycles. The number of rotatable bonds is 2. The molecule has 23 heavy (non-hydrogen) atoms. The number of halogens is 1. The highest BCUT2D eigenvalue weighted by molar-refractivity contribution is 9.10. The van der Waals surface area contributed by atoms with E-state index in [9.17, 15) is 0 Å². The van der Waals surface area contributed by atoms with Crippen molar-refractivity contribution in [3.8, 4) is 5.69 Å². The number of para-hydroxylation sites is 3. The molecule has 0 aliphatic carbocycles. The summed E-state index contributed by atoms with van der Waals surface area (Å²) >= 11 is 3.76. The van der Waals surface area contributed by atoms with Gasteiger partial charge in [-0.15, -0.1) is 0 Å². The number of nitrogens with zero attached hydrogens (tertiary/aromatic N) is 1. The molecule has 0 spiro atoms. The van der Waals surface area contributed by atoms with Gasteiger partial charge in [-0.2, -0.15) is 0 Å². The van der Waals surface area contributed by atoms with Crippen molar-refractivity contribution < 1.29 is 0 Å². The Balaban J connectivity index is 2.23. The molecule has 0 atom stereocenters. The van der Waals surface area contributed by atoms with Crippen LogP contribution in [0, 0.1) is 0 Å². The van der Waals surface area contributed by atoms with E-state index in [2.05, 4.69) is 101 Å². The van der Waals surface area contributed by atoms with Crippen LogP contribution in [0.1, 0.15) is 25.3 Å². The molecule has 1 nitrogen and oxygen atoms in total. The van der Waals surface area contributed by atoms with E-state index >= 15 is 0 Å². The molecule has 0 N–H and O–H groups in total. The van der Waals surface area contributed by atoms with Crippen LogP contribution in [0.2, 0.25) is 0 Å². The SMILES string of the molecule is CC(C)c1ccccc1-n1c2ccccc2c2cccc(Br)c21. The lowest BCUT2D eigenvalue weighted by Crippen LogP contribution is -2.01. The third kappa shape index (κ3) is 2.21. The molecule has 0 amide bonds. The number of aromatic nitrogens is 1. The largest absolute Gasteiger partial charge is 0.308 e. The van der Waals surface area contributed by atoms with Gasteiger partial charge in [-0.1, -0.05) is 62.4 Å². The van der Waals surface area contributed by atoms with Crippen LogP contribution >= 0.6 is 15.9 Å². The Kier molecular flexibility index (Phi) is 3.50. The third-order valence-corrected chi connectivity index (χ3v) is 5.09. The smallest absolute Gasteiger partial charge is 0.0683 e. The van der Waals surface area contributed by atoms with Gasteiger partial charge >= 0.3 is 0 Å². The first kappa shape index (κ1) is 14.5. The average molecular weight is 364 g/mol. The summed E-state index contributed by atoms with van der Waals surface area (Å²) in [6.07, 6.45) is 0. The molecule has 0 fully saturated rings. The van der Waals surface area contributed by atoms with E-state index in [4.69, 9.17) is 0 Å². The van der Waals surface area contributed by atoms with E-state index in [1.165, 1.54) is 33.1 Å². The maximum atomic E-state index is 3.76. The van der Waals surface area contributed by atoms with Crippen molar-refractivity contribution in [3.63, 3.8) is 0 Å². The summed E-state index contributed by atoms with van der Waals surface area (Å²) in [5, 5.41) is 2.58. The molecule has 1 aromatic heterocycles. The van der Waals surface area contributed by atoms with Crippen molar-refractivity contribution in [1.29, 1.82) is 0 Å². The van der Waals surface area contributed by atoms with E-state index in [1.807, 2.05) is 0 Å². The number of fused-ring (bicyclic) bond motifs is 3. The summed E-state index contributed by atoms with van der Waals surface area (Å²) in [6, 6.07) is 23.8. The van der Waals surface area contributed by atoms with Crippen LogP contribution < -0.4 is 0 Å². The molecule has 0 aliphatic heterocycles. The van der Waals surface area contributed by atoms with Crippen LogP contribution in [0.15, 0.2) is 71.2 Å². The maximum Gasteiger partial charge on any atom is 0.0683 e. The van der Waals surface area contributed by atoms with E-state index in [1.54, 1.807) is 0 Å². The molecule has 2 heteroatoms. The Hall–Kier alpha value is -2.06.